The van der Waals surface area contributed by atoms with E-state index in [1.807, 2.05) is 18.2 Å². The van der Waals surface area contributed by atoms with Crippen molar-refractivity contribution in [1.82, 2.24) is 15.5 Å². The molecule has 0 bridgehead atoms. The lowest BCUT2D eigenvalue weighted by Gasteiger charge is -2.05. The molecule has 2 rings (SSSR count). The second-order valence-corrected chi connectivity index (χ2v) is 5.47. The van der Waals surface area contributed by atoms with Gasteiger partial charge in [0.2, 0.25) is 5.89 Å². The van der Waals surface area contributed by atoms with Gasteiger partial charge >= 0.3 is 6.18 Å². The van der Waals surface area contributed by atoms with E-state index < -0.39 is 12.7 Å². The van der Waals surface area contributed by atoms with Crippen LogP contribution in [0.5, 0.6) is 0 Å². The fourth-order valence-corrected chi connectivity index (χ4v) is 2.52. The van der Waals surface area contributed by atoms with E-state index in [0.29, 0.717) is 16.6 Å². The minimum Gasteiger partial charge on any atom is -0.338 e. The Kier molecular flexibility index (Phi) is 5.49. The highest BCUT2D eigenvalue weighted by Gasteiger charge is 2.26. The number of nitrogens with zero attached hydrogens (tertiary/aromatic N) is 2. The molecule has 0 atom stereocenters. The summed E-state index contributed by atoms with van der Waals surface area (Å²) in [7, 11) is 0. The maximum Gasteiger partial charge on any atom is 0.401 e. The van der Waals surface area contributed by atoms with Gasteiger partial charge in [0.05, 0.1) is 23.9 Å². The van der Waals surface area contributed by atoms with Crippen LogP contribution in [0.2, 0.25) is 5.02 Å². The molecule has 1 aromatic carbocycles. The first-order chi connectivity index (χ1) is 9.94. The van der Waals surface area contributed by atoms with E-state index in [-0.39, 0.29) is 12.4 Å². The third-order valence-corrected chi connectivity index (χ3v) is 3.82. The van der Waals surface area contributed by atoms with Gasteiger partial charge in [-0.2, -0.15) is 18.2 Å². The van der Waals surface area contributed by atoms with Gasteiger partial charge in [-0.1, -0.05) is 28.9 Å². The molecule has 0 radical (unpaired) electrons. The fraction of sp³-hybridized carbons (Fsp3) is 0.333. The van der Waals surface area contributed by atoms with Gasteiger partial charge in [0.1, 0.15) is 0 Å². The van der Waals surface area contributed by atoms with E-state index in [4.69, 9.17) is 16.1 Å². The Morgan fingerprint density at radius 3 is 2.76 bits per heavy atom. The van der Waals surface area contributed by atoms with Crippen molar-refractivity contribution in [2.75, 3.05) is 6.54 Å². The Bertz CT molecular complexity index is 591. The standard InChI is InChI=1S/C12H11ClF3N3OS/c13-8-3-1-2-4-9(8)21-6-10-18-11(20-19-10)5-17-7-12(14,15)16/h1-4,17H,5-7H2. The van der Waals surface area contributed by atoms with Crippen molar-refractivity contribution in [2.45, 2.75) is 23.4 Å². The number of nitrogens with one attached hydrogen (secondary N) is 1. The summed E-state index contributed by atoms with van der Waals surface area (Å²) in [5.74, 6) is 0.949. The van der Waals surface area contributed by atoms with Gasteiger partial charge in [0.15, 0.2) is 5.82 Å². The van der Waals surface area contributed by atoms with Crippen LogP contribution in [0.15, 0.2) is 33.7 Å². The third kappa shape index (κ3) is 5.56. The van der Waals surface area contributed by atoms with Crippen LogP contribution in [0.4, 0.5) is 13.2 Å². The zero-order valence-corrected chi connectivity index (χ0v) is 12.2. The molecule has 0 fully saturated rings. The lowest BCUT2D eigenvalue weighted by atomic mass is 10.4. The Morgan fingerprint density at radius 1 is 1.29 bits per heavy atom. The van der Waals surface area contributed by atoms with Crippen molar-refractivity contribution in [1.29, 1.82) is 0 Å². The number of rotatable bonds is 6. The molecule has 0 saturated carbocycles. The summed E-state index contributed by atoms with van der Waals surface area (Å²) in [5.41, 5.74) is 0. The maximum atomic E-state index is 12.0. The summed E-state index contributed by atoms with van der Waals surface area (Å²) in [5, 5.41) is 6.52. The maximum absolute atomic E-state index is 12.0. The van der Waals surface area contributed by atoms with Crippen LogP contribution in [0.1, 0.15) is 11.7 Å². The number of hydrogen-bond acceptors (Lipinski definition) is 5. The van der Waals surface area contributed by atoms with Crippen molar-refractivity contribution in [3.63, 3.8) is 0 Å². The summed E-state index contributed by atoms with van der Waals surface area (Å²) in [6.07, 6.45) is -4.26. The number of aromatic nitrogens is 2. The normalized spacial score (nSPS) is 11.8. The fourth-order valence-electron chi connectivity index (χ4n) is 1.44. The number of halogens is 4. The minimum atomic E-state index is -4.26. The molecule has 4 nitrogen and oxygen atoms in total. The molecule has 0 aliphatic heterocycles. The molecular weight excluding hydrogens is 327 g/mol. The summed E-state index contributed by atoms with van der Waals surface area (Å²) in [6, 6.07) is 7.31. The highest BCUT2D eigenvalue weighted by molar-refractivity contribution is 7.98. The molecular formula is C12H11ClF3N3OS. The molecule has 1 aromatic heterocycles. The molecule has 1 heterocycles. The van der Waals surface area contributed by atoms with Gasteiger partial charge in [0, 0.05) is 4.90 Å². The van der Waals surface area contributed by atoms with Crippen molar-refractivity contribution in [2.24, 2.45) is 0 Å². The van der Waals surface area contributed by atoms with E-state index in [1.54, 1.807) is 6.07 Å². The number of alkyl halides is 3. The van der Waals surface area contributed by atoms with Crippen molar-refractivity contribution >= 4 is 23.4 Å². The molecule has 0 saturated heterocycles. The quantitative estimate of drug-likeness (QED) is 0.815. The molecule has 0 spiro atoms. The molecule has 2 aromatic rings. The molecule has 21 heavy (non-hydrogen) atoms. The number of benzene rings is 1. The Balaban J connectivity index is 1.82. The molecule has 9 heteroatoms. The van der Waals surface area contributed by atoms with Gasteiger partial charge < -0.3 is 9.84 Å². The van der Waals surface area contributed by atoms with E-state index in [0.717, 1.165) is 4.90 Å². The molecule has 0 amide bonds. The average Bonchev–Trinajstić information content (AvgIpc) is 2.84. The summed E-state index contributed by atoms with van der Waals surface area (Å²) >= 11 is 7.43. The van der Waals surface area contributed by atoms with Crippen LogP contribution in [-0.2, 0) is 12.3 Å². The van der Waals surface area contributed by atoms with E-state index in [2.05, 4.69) is 15.5 Å². The van der Waals surface area contributed by atoms with E-state index >= 15 is 0 Å². The zero-order valence-electron chi connectivity index (χ0n) is 10.7. The first-order valence-electron chi connectivity index (χ1n) is 5.90. The summed E-state index contributed by atoms with van der Waals surface area (Å²) in [6.45, 7) is -1.22. The predicted octanol–water partition coefficient (Wildman–Crippen LogP) is 3.67. The zero-order chi connectivity index (χ0) is 15.3. The Hall–Kier alpha value is -1.25. The number of hydrogen-bond donors (Lipinski definition) is 1. The highest BCUT2D eigenvalue weighted by Crippen LogP contribution is 2.28. The van der Waals surface area contributed by atoms with Crippen molar-refractivity contribution in [3.8, 4) is 0 Å². The van der Waals surface area contributed by atoms with Gasteiger partial charge in [-0.25, -0.2) is 0 Å². The SMILES string of the molecule is FC(F)(F)CNCc1nc(CSc2ccccc2Cl)no1. The Labute approximate surface area is 128 Å². The van der Waals surface area contributed by atoms with E-state index in [1.165, 1.54) is 11.8 Å². The van der Waals surface area contributed by atoms with Crippen LogP contribution in [-0.4, -0.2) is 22.9 Å². The van der Waals surface area contributed by atoms with Gasteiger partial charge in [-0.15, -0.1) is 11.8 Å². The topological polar surface area (TPSA) is 51.0 Å². The van der Waals surface area contributed by atoms with E-state index in [9.17, 15) is 13.2 Å². The van der Waals surface area contributed by atoms with Crippen LogP contribution in [0.3, 0.4) is 0 Å². The minimum absolute atomic E-state index is 0.119. The van der Waals surface area contributed by atoms with Crippen LogP contribution in [0, 0.1) is 0 Å². The lowest BCUT2D eigenvalue weighted by molar-refractivity contribution is -0.125. The first kappa shape index (κ1) is 16.1. The van der Waals surface area contributed by atoms with Gasteiger partial charge in [-0.3, -0.25) is 0 Å². The van der Waals surface area contributed by atoms with Crippen molar-refractivity contribution < 1.29 is 17.7 Å². The van der Waals surface area contributed by atoms with Gasteiger partial charge in [0.25, 0.3) is 0 Å². The number of thioether (sulfide) groups is 1. The monoisotopic (exact) mass is 337 g/mol. The first-order valence-corrected chi connectivity index (χ1v) is 7.26. The van der Waals surface area contributed by atoms with Crippen LogP contribution >= 0.6 is 23.4 Å². The Morgan fingerprint density at radius 2 is 2.05 bits per heavy atom. The largest absolute Gasteiger partial charge is 0.401 e. The average molecular weight is 338 g/mol. The molecule has 0 aliphatic carbocycles. The second-order valence-electron chi connectivity index (χ2n) is 4.04. The smallest absolute Gasteiger partial charge is 0.338 e. The highest BCUT2D eigenvalue weighted by atomic mass is 35.5. The molecule has 0 unspecified atom stereocenters. The summed E-state index contributed by atoms with van der Waals surface area (Å²) < 4.78 is 40.8. The molecule has 114 valence electrons. The summed E-state index contributed by atoms with van der Waals surface area (Å²) in [4.78, 5) is 4.88. The lowest BCUT2D eigenvalue weighted by Crippen LogP contribution is -2.28. The van der Waals surface area contributed by atoms with Gasteiger partial charge in [-0.05, 0) is 12.1 Å². The predicted molar refractivity (Wildman–Crippen MR) is 73.1 cm³/mol. The van der Waals surface area contributed by atoms with Crippen molar-refractivity contribution in [3.05, 3.63) is 41.0 Å². The molecule has 0 aliphatic rings. The second kappa shape index (κ2) is 7.15. The van der Waals surface area contributed by atoms with Crippen LogP contribution in [0.25, 0.3) is 0 Å². The molecule has 1 N–H and O–H groups in total. The van der Waals surface area contributed by atoms with Crippen LogP contribution < -0.4 is 5.32 Å². The third-order valence-electron chi connectivity index (χ3n) is 2.31.